The number of esters is 1. The van der Waals surface area contributed by atoms with E-state index < -0.39 is 50.8 Å². The van der Waals surface area contributed by atoms with Crippen LogP contribution in [-0.2, 0) is 35.3 Å². The zero-order valence-corrected chi connectivity index (χ0v) is 20.9. The first-order valence-electron chi connectivity index (χ1n) is 10.4. The van der Waals surface area contributed by atoms with Gasteiger partial charge < -0.3 is 20.1 Å². The molecule has 0 unspecified atom stereocenters. The monoisotopic (exact) mass is 482 g/mol. The number of hydrogen-bond donors (Lipinski definition) is 2. The zero-order chi connectivity index (χ0) is 25.4. The Morgan fingerprint density at radius 3 is 2.12 bits per heavy atom. The second-order valence-electron chi connectivity index (χ2n) is 9.42. The summed E-state index contributed by atoms with van der Waals surface area (Å²) in [6.45, 7) is 12.2. The molecule has 33 heavy (non-hydrogen) atoms. The van der Waals surface area contributed by atoms with Crippen LogP contribution >= 0.6 is 0 Å². The number of hydrogen-bond acceptors (Lipinski definition) is 7. The summed E-state index contributed by atoms with van der Waals surface area (Å²) in [7, 11) is -3.73. The second-order valence-corrected chi connectivity index (χ2v) is 12.2. The quantitative estimate of drug-likeness (QED) is 0.518. The minimum atomic E-state index is -3.73. The predicted molar refractivity (Wildman–Crippen MR) is 125 cm³/mol. The minimum absolute atomic E-state index is 0.122. The fraction of sp³-hybridized carbons (Fsp3) is 0.522. The Morgan fingerprint density at radius 1 is 1.03 bits per heavy atom. The van der Waals surface area contributed by atoms with Crippen LogP contribution in [-0.4, -0.2) is 55.9 Å². The number of benzene rings is 1. The van der Waals surface area contributed by atoms with Gasteiger partial charge in [0.1, 0.15) is 24.8 Å². The molecule has 0 aliphatic heterocycles. The molecule has 0 radical (unpaired) electrons. The highest BCUT2D eigenvalue weighted by Crippen LogP contribution is 2.22. The molecule has 2 N–H and O–H groups in total. The summed E-state index contributed by atoms with van der Waals surface area (Å²) in [5.41, 5.74) is 0.0539. The van der Waals surface area contributed by atoms with Crippen LogP contribution in [0.3, 0.4) is 0 Å². The van der Waals surface area contributed by atoms with Gasteiger partial charge in [0.2, 0.25) is 5.91 Å². The van der Waals surface area contributed by atoms with Crippen molar-refractivity contribution in [2.75, 3.05) is 13.2 Å². The van der Waals surface area contributed by atoms with Crippen LogP contribution in [0.4, 0.5) is 4.79 Å². The Morgan fingerprint density at radius 2 is 1.61 bits per heavy atom. The normalized spacial score (nSPS) is 12.9. The molecule has 0 aliphatic carbocycles. The summed E-state index contributed by atoms with van der Waals surface area (Å²) >= 11 is 0. The molecule has 2 amide bonds. The van der Waals surface area contributed by atoms with Crippen molar-refractivity contribution in [1.29, 1.82) is 0 Å². The zero-order valence-electron chi connectivity index (χ0n) is 20.1. The molecule has 0 heterocycles. The highest BCUT2D eigenvalue weighted by atomic mass is 32.2. The van der Waals surface area contributed by atoms with Crippen molar-refractivity contribution in [3.8, 4) is 0 Å². The maximum atomic E-state index is 12.7. The molecule has 0 bridgehead atoms. The number of amides is 2. The summed E-state index contributed by atoms with van der Waals surface area (Å²) in [6, 6.07) is 7.85. The Kier molecular flexibility index (Phi) is 9.65. The van der Waals surface area contributed by atoms with Crippen LogP contribution < -0.4 is 10.6 Å². The summed E-state index contributed by atoms with van der Waals surface area (Å²) in [6.07, 6.45) is -0.870. The van der Waals surface area contributed by atoms with Gasteiger partial charge in [-0.1, -0.05) is 36.9 Å². The van der Waals surface area contributed by atoms with E-state index in [2.05, 4.69) is 17.2 Å². The van der Waals surface area contributed by atoms with Crippen LogP contribution in [0.5, 0.6) is 0 Å². The molecule has 0 aliphatic rings. The maximum absolute atomic E-state index is 12.7. The molecule has 0 aromatic heterocycles. The van der Waals surface area contributed by atoms with Crippen LogP contribution in [0.25, 0.3) is 0 Å². The van der Waals surface area contributed by atoms with Gasteiger partial charge in [-0.05, 0) is 47.1 Å². The molecule has 1 atom stereocenters. The van der Waals surface area contributed by atoms with Crippen molar-refractivity contribution in [2.45, 2.75) is 64.4 Å². The topological polar surface area (TPSA) is 128 Å². The van der Waals surface area contributed by atoms with E-state index in [4.69, 9.17) is 9.47 Å². The largest absolute Gasteiger partial charge is 0.459 e. The molecule has 10 heteroatoms. The molecule has 184 valence electrons. The number of carbonyl (C=O) groups excluding carboxylic acids is 3. The first kappa shape index (κ1) is 28.2. The third kappa shape index (κ3) is 9.65. The Labute approximate surface area is 195 Å². The number of ether oxygens (including phenoxy) is 2. The molecular formula is C23H34N2O7S. The molecule has 1 aromatic rings. The average molecular weight is 483 g/mol. The van der Waals surface area contributed by atoms with Crippen LogP contribution in [0.1, 0.15) is 47.1 Å². The van der Waals surface area contributed by atoms with Crippen molar-refractivity contribution in [3.63, 3.8) is 0 Å². The number of nitrogens with one attached hydrogen (secondary N) is 2. The third-order valence-corrected chi connectivity index (χ3v) is 6.76. The van der Waals surface area contributed by atoms with Crippen molar-refractivity contribution >= 4 is 27.8 Å². The van der Waals surface area contributed by atoms with Gasteiger partial charge in [-0.3, -0.25) is 9.59 Å². The third-order valence-electron chi connectivity index (χ3n) is 4.27. The van der Waals surface area contributed by atoms with E-state index in [1.165, 1.54) is 20.8 Å². The number of carbonyl (C=O) groups is 3. The molecule has 0 fully saturated rings. The Bertz CT molecular complexity index is 959. The van der Waals surface area contributed by atoms with E-state index in [1.54, 1.807) is 45.0 Å². The molecule has 0 saturated carbocycles. The first-order chi connectivity index (χ1) is 15.0. The van der Waals surface area contributed by atoms with Crippen molar-refractivity contribution < 1.29 is 32.3 Å². The summed E-state index contributed by atoms with van der Waals surface area (Å²) < 4.78 is 33.8. The van der Waals surface area contributed by atoms with E-state index in [0.29, 0.717) is 0 Å². The lowest BCUT2D eigenvalue weighted by Gasteiger charge is -2.22. The molecule has 1 aromatic carbocycles. The van der Waals surface area contributed by atoms with Gasteiger partial charge in [-0.15, -0.1) is 0 Å². The molecule has 0 spiro atoms. The molecular weight excluding hydrogens is 448 g/mol. The lowest BCUT2D eigenvalue weighted by Crippen LogP contribution is -2.49. The smallest absolute Gasteiger partial charge is 0.408 e. The maximum Gasteiger partial charge on any atom is 0.408 e. The van der Waals surface area contributed by atoms with Crippen molar-refractivity contribution in [3.05, 3.63) is 47.4 Å². The van der Waals surface area contributed by atoms with E-state index in [-0.39, 0.29) is 17.9 Å². The molecule has 9 nitrogen and oxygen atoms in total. The summed E-state index contributed by atoms with van der Waals surface area (Å²) in [5.74, 6) is -1.25. The summed E-state index contributed by atoms with van der Waals surface area (Å²) in [5, 5.41) is 4.86. The molecule has 0 saturated heterocycles. The van der Waals surface area contributed by atoms with E-state index in [1.807, 2.05) is 6.07 Å². The van der Waals surface area contributed by atoms with E-state index >= 15 is 0 Å². The predicted octanol–water partition coefficient (Wildman–Crippen LogP) is 2.51. The number of sulfone groups is 1. The average Bonchev–Trinajstić information content (AvgIpc) is 2.68. The highest BCUT2D eigenvalue weighted by Gasteiger charge is 2.32. The van der Waals surface area contributed by atoms with Crippen molar-refractivity contribution in [2.24, 2.45) is 0 Å². The number of rotatable bonds is 9. The molecule has 1 rings (SSSR count). The fourth-order valence-corrected chi connectivity index (χ4v) is 3.64. The van der Waals surface area contributed by atoms with Crippen molar-refractivity contribution in [1.82, 2.24) is 10.6 Å². The van der Waals surface area contributed by atoms with Crippen LogP contribution in [0, 0.1) is 0 Å². The lowest BCUT2D eigenvalue weighted by atomic mass is 10.1. The minimum Gasteiger partial charge on any atom is -0.459 e. The van der Waals surface area contributed by atoms with Gasteiger partial charge in [0.25, 0.3) is 0 Å². The summed E-state index contributed by atoms with van der Waals surface area (Å²) in [4.78, 5) is 36.6. The first-order valence-corrected chi connectivity index (χ1v) is 11.9. The van der Waals surface area contributed by atoms with Crippen LogP contribution in [0.2, 0.25) is 0 Å². The van der Waals surface area contributed by atoms with E-state index in [9.17, 15) is 22.8 Å². The van der Waals surface area contributed by atoms with Gasteiger partial charge in [-0.25, -0.2) is 13.2 Å². The standard InChI is InChI=1S/C23H34N2O7S/c1-16(33(29,30)23(5,6)7)15-31-21(28)25-18(13-17-11-9-8-10-12-17)20(27)24-14-19(26)32-22(2,3)4/h8-12,18H,1,13-15H2,2-7H3,(H,24,27)(H,25,28)/t18-/m0/s1. The SMILES string of the molecule is C=C(COC(=O)N[C@@H](Cc1ccccc1)C(=O)NCC(=O)OC(C)(C)C)S(=O)(=O)C(C)(C)C. The van der Waals surface area contributed by atoms with Gasteiger partial charge >= 0.3 is 12.1 Å². The second kappa shape index (κ2) is 11.3. The van der Waals surface area contributed by atoms with Crippen LogP contribution in [0.15, 0.2) is 41.8 Å². The highest BCUT2D eigenvalue weighted by molar-refractivity contribution is 7.96. The van der Waals surface area contributed by atoms with Gasteiger partial charge in [0, 0.05) is 6.42 Å². The fourth-order valence-electron chi connectivity index (χ4n) is 2.56. The van der Waals surface area contributed by atoms with E-state index in [0.717, 1.165) is 5.56 Å². The lowest BCUT2D eigenvalue weighted by molar-refractivity contribution is -0.154. The Hall–Kier alpha value is -2.88. The van der Waals surface area contributed by atoms with Gasteiger partial charge in [0.05, 0.1) is 9.65 Å². The van der Waals surface area contributed by atoms with Gasteiger partial charge in [-0.2, -0.15) is 0 Å². The van der Waals surface area contributed by atoms with Gasteiger partial charge in [0.15, 0.2) is 9.84 Å². The number of alkyl carbamates (subject to hydrolysis) is 1. The Balaban J connectivity index is 2.82.